The number of aliphatic hydroxyl groups excluding tert-OH is 1. The lowest BCUT2D eigenvalue weighted by molar-refractivity contribution is 0.165. The fourth-order valence-corrected chi connectivity index (χ4v) is 2.11. The molecule has 0 spiro atoms. The molecule has 0 aromatic heterocycles. The number of halogens is 1. The highest BCUT2D eigenvalue weighted by molar-refractivity contribution is 6.30. The summed E-state index contributed by atoms with van der Waals surface area (Å²) in [5.41, 5.74) is 7.26. The Morgan fingerprint density at radius 3 is 3.07 bits per heavy atom. The Morgan fingerprint density at radius 1 is 1.53 bits per heavy atom. The topological polar surface area (TPSA) is 55.5 Å². The maximum Gasteiger partial charge on any atom is 0.128 e. The van der Waals surface area contributed by atoms with Gasteiger partial charge in [-0.3, -0.25) is 0 Å². The largest absolute Gasteiger partial charge is 0.493 e. The first-order chi connectivity index (χ1) is 7.22. The minimum Gasteiger partial charge on any atom is -0.493 e. The first-order valence-electron chi connectivity index (χ1n) is 5.05. The van der Waals surface area contributed by atoms with Crippen molar-refractivity contribution in [1.29, 1.82) is 0 Å². The molecule has 1 aliphatic heterocycles. The van der Waals surface area contributed by atoms with Gasteiger partial charge < -0.3 is 15.6 Å². The van der Waals surface area contributed by atoms with Crippen molar-refractivity contribution in [2.45, 2.75) is 18.9 Å². The maximum atomic E-state index is 9.89. The lowest BCUT2D eigenvalue weighted by Crippen LogP contribution is -2.07. The van der Waals surface area contributed by atoms with Crippen LogP contribution in [0.5, 0.6) is 5.75 Å². The van der Waals surface area contributed by atoms with E-state index in [-0.39, 0.29) is 0 Å². The normalized spacial score (nSPS) is 15.9. The van der Waals surface area contributed by atoms with Gasteiger partial charge in [-0.2, -0.15) is 0 Å². The van der Waals surface area contributed by atoms with Crippen LogP contribution in [0.2, 0.25) is 5.02 Å². The van der Waals surface area contributed by atoms with Gasteiger partial charge >= 0.3 is 0 Å². The Bertz CT molecular complexity index is 368. The van der Waals surface area contributed by atoms with Crippen molar-refractivity contribution >= 4 is 11.6 Å². The van der Waals surface area contributed by atoms with Gasteiger partial charge in [-0.25, -0.2) is 0 Å². The standard InChI is InChI=1S/C11H14ClNO2/c12-8-5-7-2-4-15-11(7)9(6-8)10(14)1-3-13/h5-6,10,14H,1-4,13H2. The molecule has 1 aromatic rings. The molecule has 0 amide bonds. The summed E-state index contributed by atoms with van der Waals surface area (Å²) >= 11 is 5.97. The van der Waals surface area contributed by atoms with Crippen molar-refractivity contribution in [3.8, 4) is 5.75 Å². The number of hydrogen-bond donors (Lipinski definition) is 2. The van der Waals surface area contributed by atoms with Crippen molar-refractivity contribution in [2.24, 2.45) is 5.73 Å². The average Bonchev–Trinajstić information content (AvgIpc) is 2.64. The van der Waals surface area contributed by atoms with E-state index in [2.05, 4.69) is 0 Å². The van der Waals surface area contributed by atoms with E-state index in [1.165, 1.54) is 0 Å². The number of hydrogen-bond acceptors (Lipinski definition) is 3. The van der Waals surface area contributed by atoms with Crippen LogP contribution in [0.25, 0.3) is 0 Å². The molecular formula is C11H14ClNO2. The molecule has 0 fully saturated rings. The van der Waals surface area contributed by atoms with E-state index in [0.29, 0.717) is 24.6 Å². The molecule has 4 heteroatoms. The van der Waals surface area contributed by atoms with Crippen LogP contribution in [-0.2, 0) is 6.42 Å². The van der Waals surface area contributed by atoms with Crippen LogP contribution in [0.15, 0.2) is 12.1 Å². The highest BCUT2D eigenvalue weighted by Crippen LogP contribution is 2.37. The molecule has 0 radical (unpaired) electrons. The summed E-state index contributed by atoms with van der Waals surface area (Å²) in [6.45, 7) is 1.11. The fourth-order valence-electron chi connectivity index (χ4n) is 1.86. The molecule has 3 nitrogen and oxygen atoms in total. The molecule has 2 rings (SSSR count). The van der Waals surface area contributed by atoms with Crippen molar-refractivity contribution in [3.63, 3.8) is 0 Å². The first kappa shape index (κ1) is 10.7. The molecule has 82 valence electrons. The summed E-state index contributed by atoms with van der Waals surface area (Å²) in [4.78, 5) is 0. The van der Waals surface area contributed by atoms with Crippen molar-refractivity contribution in [1.82, 2.24) is 0 Å². The highest BCUT2D eigenvalue weighted by Gasteiger charge is 2.21. The number of nitrogens with two attached hydrogens (primary N) is 1. The lowest BCUT2D eigenvalue weighted by Gasteiger charge is -2.14. The molecule has 0 saturated carbocycles. The van der Waals surface area contributed by atoms with Gasteiger partial charge in [0.2, 0.25) is 0 Å². The number of aliphatic hydroxyl groups is 1. The first-order valence-corrected chi connectivity index (χ1v) is 5.43. The zero-order chi connectivity index (χ0) is 10.8. The molecule has 1 aliphatic rings. The molecule has 1 heterocycles. The van der Waals surface area contributed by atoms with Gasteiger partial charge in [-0.15, -0.1) is 0 Å². The molecule has 0 bridgehead atoms. The van der Waals surface area contributed by atoms with Crippen LogP contribution in [0.1, 0.15) is 23.7 Å². The Morgan fingerprint density at radius 2 is 2.33 bits per heavy atom. The Kier molecular flexibility index (Phi) is 3.14. The van der Waals surface area contributed by atoms with Crippen molar-refractivity contribution < 1.29 is 9.84 Å². The molecular weight excluding hydrogens is 214 g/mol. The van der Waals surface area contributed by atoms with Gasteiger partial charge in [-0.1, -0.05) is 11.6 Å². The van der Waals surface area contributed by atoms with Gasteiger partial charge in [-0.05, 0) is 30.7 Å². The highest BCUT2D eigenvalue weighted by atomic mass is 35.5. The quantitative estimate of drug-likeness (QED) is 0.826. The molecule has 3 N–H and O–H groups in total. The summed E-state index contributed by atoms with van der Waals surface area (Å²) < 4.78 is 5.49. The Balaban J connectivity index is 2.37. The Hall–Kier alpha value is -0.770. The van der Waals surface area contributed by atoms with E-state index in [9.17, 15) is 5.11 Å². The molecule has 0 aliphatic carbocycles. The fraction of sp³-hybridized carbons (Fsp3) is 0.455. The van der Waals surface area contributed by atoms with Crippen LogP contribution in [0, 0.1) is 0 Å². The molecule has 1 unspecified atom stereocenters. The second-order valence-corrected chi connectivity index (χ2v) is 4.11. The van der Waals surface area contributed by atoms with Crippen LogP contribution in [0.4, 0.5) is 0 Å². The second kappa shape index (κ2) is 4.39. The van der Waals surface area contributed by atoms with Crippen LogP contribution < -0.4 is 10.5 Å². The molecule has 15 heavy (non-hydrogen) atoms. The van der Waals surface area contributed by atoms with Crippen molar-refractivity contribution in [3.05, 3.63) is 28.3 Å². The van der Waals surface area contributed by atoms with Gasteiger partial charge in [0.1, 0.15) is 5.75 Å². The van der Waals surface area contributed by atoms with E-state index >= 15 is 0 Å². The van der Waals surface area contributed by atoms with E-state index < -0.39 is 6.10 Å². The van der Waals surface area contributed by atoms with Gasteiger partial charge in [0, 0.05) is 17.0 Å². The number of fused-ring (bicyclic) bond motifs is 1. The Labute approximate surface area is 93.8 Å². The summed E-state index contributed by atoms with van der Waals surface area (Å²) in [6.07, 6.45) is 0.800. The van der Waals surface area contributed by atoms with Crippen LogP contribution >= 0.6 is 11.6 Å². The third kappa shape index (κ3) is 2.09. The molecule has 1 aromatic carbocycles. The third-order valence-corrected chi connectivity index (χ3v) is 2.79. The molecule has 1 atom stereocenters. The minimum absolute atomic E-state index is 0.447. The summed E-state index contributed by atoms with van der Waals surface area (Å²) in [6, 6.07) is 3.65. The van der Waals surface area contributed by atoms with E-state index in [4.69, 9.17) is 22.1 Å². The lowest BCUT2D eigenvalue weighted by atomic mass is 10.0. The van der Waals surface area contributed by atoms with Gasteiger partial charge in [0.05, 0.1) is 12.7 Å². The zero-order valence-electron chi connectivity index (χ0n) is 8.37. The third-order valence-electron chi connectivity index (χ3n) is 2.58. The van der Waals surface area contributed by atoms with E-state index in [1.807, 2.05) is 6.07 Å². The van der Waals surface area contributed by atoms with Crippen LogP contribution in [0.3, 0.4) is 0 Å². The molecule has 0 saturated heterocycles. The van der Waals surface area contributed by atoms with Gasteiger partial charge in [0.15, 0.2) is 0 Å². The van der Waals surface area contributed by atoms with Crippen LogP contribution in [-0.4, -0.2) is 18.3 Å². The predicted octanol–water partition coefficient (Wildman–Crippen LogP) is 1.66. The maximum absolute atomic E-state index is 9.89. The number of ether oxygens (including phenoxy) is 1. The smallest absolute Gasteiger partial charge is 0.128 e. The number of benzene rings is 1. The summed E-state index contributed by atoms with van der Waals surface area (Å²) in [5, 5.41) is 10.5. The minimum atomic E-state index is -0.583. The zero-order valence-corrected chi connectivity index (χ0v) is 9.13. The monoisotopic (exact) mass is 227 g/mol. The SMILES string of the molecule is NCCC(O)c1cc(Cl)cc2c1OCC2. The predicted molar refractivity (Wildman–Crippen MR) is 59.3 cm³/mol. The second-order valence-electron chi connectivity index (χ2n) is 3.67. The average molecular weight is 228 g/mol. The summed E-state index contributed by atoms with van der Waals surface area (Å²) in [7, 11) is 0. The van der Waals surface area contributed by atoms with Crippen molar-refractivity contribution in [2.75, 3.05) is 13.2 Å². The van der Waals surface area contributed by atoms with E-state index in [0.717, 1.165) is 23.3 Å². The number of rotatable bonds is 3. The van der Waals surface area contributed by atoms with Gasteiger partial charge in [0.25, 0.3) is 0 Å². The summed E-state index contributed by atoms with van der Waals surface area (Å²) in [5.74, 6) is 0.792. The van der Waals surface area contributed by atoms with E-state index in [1.54, 1.807) is 6.07 Å².